The summed E-state index contributed by atoms with van der Waals surface area (Å²) >= 11 is 0. The molecule has 0 bridgehead atoms. The fourth-order valence-electron chi connectivity index (χ4n) is 1.68. The maximum absolute atomic E-state index is 10.8. The highest BCUT2D eigenvalue weighted by molar-refractivity contribution is 5.79. The number of aromatic nitrogens is 1. The highest BCUT2D eigenvalue weighted by Crippen LogP contribution is 2.16. The molecule has 0 aliphatic carbocycles. The van der Waals surface area contributed by atoms with Gasteiger partial charge in [-0.3, -0.25) is 9.78 Å². The number of benzene rings is 1. The normalized spacial score (nSPS) is 12.6. The molecule has 0 aliphatic rings. The second kappa shape index (κ2) is 4.31. The van der Waals surface area contributed by atoms with E-state index >= 15 is 0 Å². The van der Waals surface area contributed by atoms with E-state index in [4.69, 9.17) is 5.11 Å². The number of hydrogen-bond acceptors (Lipinski definition) is 2. The number of carbonyl (C=O) groups is 1. The molecule has 0 unspecified atom stereocenters. The number of carboxylic acids is 1. The molecule has 1 atom stereocenters. The highest BCUT2D eigenvalue weighted by atomic mass is 16.4. The van der Waals surface area contributed by atoms with Gasteiger partial charge >= 0.3 is 5.97 Å². The van der Waals surface area contributed by atoms with E-state index in [1.165, 1.54) is 0 Å². The smallest absolute Gasteiger partial charge is 0.306 e. The summed E-state index contributed by atoms with van der Waals surface area (Å²) in [6.45, 7) is 1.71. The lowest BCUT2D eigenvalue weighted by Gasteiger charge is -2.06. The third kappa shape index (κ3) is 2.19. The van der Waals surface area contributed by atoms with Crippen LogP contribution in [0.2, 0.25) is 0 Å². The molecule has 1 aromatic carbocycles. The van der Waals surface area contributed by atoms with Crippen LogP contribution in [0.1, 0.15) is 12.5 Å². The summed E-state index contributed by atoms with van der Waals surface area (Å²) in [6.07, 6.45) is 2.29. The quantitative estimate of drug-likeness (QED) is 0.855. The number of aliphatic carboxylic acids is 1. The average Bonchev–Trinajstić information content (AvgIpc) is 2.28. The van der Waals surface area contributed by atoms with Crippen LogP contribution in [0, 0.1) is 5.92 Å². The summed E-state index contributed by atoms with van der Waals surface area (Å²) in [5.74, 6) is -1.12. The summed E-state index contributed by atoms with van der Waals surface area (Å²) in [4.78, 5) is 15.0. The molecule has 0 fully saturated rings. The predicted octanol–water partition coefficient (Wildman–Crippen LogP) is 2.50. The lowest BCUT2D eigenvalue weighted by Crippen LogP contribution is -2.12. The molecule has 0 spiro atoms. The number of rotatable bonds is 3. The predicted molar refractivity (Wildman–Crippen MR) is 62.2 cm³/mol. The van der Waals surface area contributed by atoms with E-state index in [2.05, 4.69) is 4.98 Å². The molecular formula is C13H13NO2. The lowest BCUT2D eigenvalue weighted by atomic mass is 10.0. The first-order chi connectivity index (χ1) is 7.66. The average molecular weight is 215 g/mol. The number of hydrogen-bond donors (Lipinski definition) is 1. The molecule has 0 saturated heterocycles. The van der Waals surface area contributed by atoms with Crippen LogP contribution in [-0.4, -0.2) is 16.1 Å². The van der Waals surface area contributed by atoms with Gasteiger partial charge in [0.25, 0.3) is 0 Å². The molecule has 0 saturated carbocycles. The monoisotopic (exact) mass is 215 g/mol. The maximum atomic E-state index is 10.8. The summed E-state index contributed by atoms with van der Waals surface area (Å²) < 4.78 is 0. The van der Waals surface area contributed by atoms with Gasteiger partial charge in [-0.2, -0.15) is 0 Å². The Morgan fingerprint density at radius 3 is 3.00 bits per heavy atom. The van der Waals surface area contributed by atoms with Crippen LogP contribution in [0.15, 0.2) is 36.5 Å². The Labute approximate surface area is 93.7 Å². The van der Waals surface area contributed by atoms with Crippen molar-refractivity contribution in [1.29, 1.82) is 0 Å². The Kier molecular flexibility index (Phi) is 2.86. The second-order valence-corrected chi connectivity index (χ2v) is 3.97. The zero-order valence-electron chi connectivity index (χ0n) is 9.05. The van der Waals surface area contributed by atoms with Crippen LogP contribution in [0.3, 0.4) is 0 Å². The van der Waals surface area contributed by atoms with E-state index in [1.54, 1.807) is 13.1 Å². The van der Waals surface area contributed by atoms with Crippen LogP contribution in [0.4, 0.5) is 0 Å². The lowest BCUT2D eigenvalue weighted by molar-refractivity contribution is -0.141. The van der Waals surface area contributed by atoms with Crippen LogP contribution in [0.5, 0.6) is 0 Å². The van der Waals surface area contributed by atoms with Crippen molar-refractivity contribution in [3.8, 4) is 0 Å². The van der Waals surface area contributed by atoms with Gasteiger partial charge in [-0.05, 0) is 24.1 Å². The van der Waals surface area contributed by atoms with Crippen molar-refractivity contribution in [3.63, 3.8) is 0 Å². The molecule has 1 aromatic heterocycles. The van der Waals surface area contributed by atoms with Crippen LogP contribution >= 0.6 is 0 Å². The summed E-state index contributed by atoms with van der Waals surface area (Å²) in [7, 11) is 0. The maximum Gasteiger partial charge on any atom is 0.306 e. The van der Waals surface area contributed by atoms with Crippen LogP contribution < -0.4 is 0 Å². The van der Waals surface area contributed by atoms with Crippen molar-refractivity contribution in [2.24, 2.45) is 5.92 Å². The van der Waals surface area contributed by atoms with E-state index in [9.17, 15) is 4.79 Å². The number of pyridine rings is 1. The van der Waals surface area contributed by atoms with Gasteiger partial charge in [0.1, 0.15) is 0 Å². The van der Waals surface area contributed by atoms with Gasteiger partial charge < -0.3 is 5.11 Å². The third-order valence-corrected chi connectivity index (χ3v) is 2.63. The molecule has 1 heterocycles. The molecule has 0 aliphatic heterocycles. The minimum Gasteiger partial charge on any atom is -0.481 e. The Balaban J connectivity index is 2.29. The van der Waals surface area contributed by atoms with Crippen molar-refractivity contribution in [3.05, 3.63) is 42.1 Å². The molecule has 2 rings (SSSR count). The summed E-state index contributed by atoms with van der Waals surface area (Å²) in [5.41, 5.74) is 1.93. The highest BCUT2D eigenvalue weighted by Gasteiger charge is 2.11. The first-order valence-corrected chi connectivity index (χ1v) is 5.23. The minimum atomic E-state index is -0.763. The zero-order valence-corrected chi connectivity index (χ0v) is 9.05. The first-order valence-electron chi connectivity index (χ1n) is 5.23. The van der Waals surface area contributed by atoms with E-state index in [0.717, 1.165) is 16.5 Å². The molecule has 16 heavy (non-hydrogen) atoms. The fraction of sp³-hybridized carbons (Fsp3) is 0.231. The molecule has 0 amide bonds. The molecule has 2 aromatic rings. The van der Waals surface area contributed by atoms with Gasteiger partial charge in [-0.1, -0.05) is 25.1 Å². The van der Waals surface area contributed by atoms with Gasteiger partial charge in [0, 0.05) is 11.6 Å². The number of fused-ring (bicyclic) bond motifs is 1. The topological polar surface area (TPSA) is 50.2 Å². The SMILES string of the molecule is C[C@H](Cc1ccc2cccnc2c1)C(=O)O. The van der Waals surface area contributed by atoms with E-state index < -0.39 is 5.97 Å². The van der Waals surface area contributed by atoms with E-state index in [1.807, 2.05) is 30.3 Å². The molecule has 0 radical (unpaired) electrons. The Hall–Kier alpha value is -1.90. The second-order valence-electron chi connectivity index (χ2n) is 3.97. The molecule has 3 heteroatoms. The summed E-state index contributed by atoms with van der Waals surface area (Å²) in [6, 6.07) is 9.78. The summed E-state index contributed by atoms with van der Waals surface area (Å²) in [5, 5.41) is 9.92. The van der Waals surface area contributed by atoms with Crippen LogP contribution in [0.25, 0.3) is 10.9 Å². The van der Waals surface area contributed by atoms with Gasteiger partial charge in [0.15, 0.2) is 0 Å². The molecule has 82 valence electrons. The van der Waals surface area contributed by atoms with Gasteiger partial charge in [-0.15, -0.1) is 0 Å². The van der Waals surface area contributed by atoms with Crippen LogP contribution in [-0.2, 0) is 11.2 Å². The van der Waals surface area contributed by atoms with Gasteiger partial charge in [0.05, 0.1) is 11.4 Å². The number of nitrogens with zero attached hydrogens (tertiary/aromatic N) is 1. The largest absolute Gasteiger partial charge is 0.481 e. The standard InChI is InChI=1S/C13H13NO2/c1-9(13(15)16)7-10-4-5-11-3-2-6-14-12(11)8-10/h2-6,8-9H,7H2,1H3,(H,15,16)/t9-/m1/s1. The Morgan fingerprint density at radius 2 is 2.25 bits per heavy atom. The van der Waals surface area contributed by atoms with Crippen molar-refractivity contribution in [2.45, 2.75) is 13.3 Å². The van der Waals surface area contributed by atoms with Gasteiger partial charge in [-0.25, -0.2) is 0 Å². The Morgan fingerprint density at radius 1 is 1.44 bits per heavy atom. The zero-order chi connectivity index (χ0) is 11.5. The molecule has 3 nitrogen and oxygen atoms in total. The van der Waals surface area contributed by atoms with Crippen molar-refractivity contribution in [1.82, 2.24) is 4.98 Å². The Bertz CT molecular complexity index is 522. The van der Waals surface area contributed by atoms with Gasteiger partial charge in [0.2, 0.25) is 0 Å². The number of carboxylic acid groups (broad SMARTS) is 1. The third-order valence-electron chi connectivity index (χ3n) is 2.63. The van der Waals surface area contributed by atoms with Crippen molar-refractivity contribution < 1.29 is 9.90 Å². The minimum absolute atomic E-state index is 0.360. The van der Waals surface area contributed by atoms with E-state index in [0.29, 0.717) is 6.42 Å². The van der Waals surface area contributed by atoms with Crippen molar-refractivity contribution >= 4 is 16.9 Å². The molecular weight excluding hydrogens is 202 g/mol. The van der Waals surface area contributed by atoms with E-state index in [-0.39, 0.29) is 5.92 Å². The fourth-order valence-corrected chi connectivity index (χ4v) is 1.68. The molecule has 1 N–H and O–H groups in total. The van der Waals surface area contributed by atoms with Crippen molar-refractivity contribution in [2.75, 3.05) is 0 Å². The first kappa shape index (κ1) is 10.6.